The number of ether oxygens (including phenoxy) is 1. The highest BCUT2D eigenvalue weighted by Gasteiger charge is 2.22. The molecule has 1 saturated carbocycles. The largest absolute Gasteiger partial charge is 0.494 e. The minimum Gasteiger partial charge on any atom is -0.494 e. The third kappa shape index (κ3) is 3.48. The molecule has 1 N–H and O–H groups in total. The topological polar surface area (TPSA) is 32.7 Å². The lowest BCUT2D eigenvalue weighted by Crippen LogP contribution is -2.36. The molecule has 106 valence electrons. The van der Waals surface area contributed by atoms with Gasteiger partial charge in [0.25, 0.3) is 0 Å². The Hall–Kier alpha value is -1.06. The number of aliphatic hydroxyl groups excluding tert-OH is 1. The van der Waals surface area contributed by atoms with Gasteiger partial charge in [-0.05, 0) is 51.4 Å². The van der Waals surface area contributed by atoms with Gasteiger partial charge in [-0.2, -0.15) is 0 Å². The predicted octanol–water partition coefficient (Wildman–Crippen LogP) is 3.12. The standard InChI is InChI=1S/C16H25NO2/c1-4-19-16-9-8-13(12(2)18)10-14(16)11-17(3)15-6-5-7-15/h8-10,12,15,18H,4-7,11H2,1-3H3. The average molecular weight is 263 g/mol. The van der Waals surface area contributed by atoms with Crippen LogP contribution in [0.3, 0.4) is 0 Å². The summed E-state index contributed by atoms with van der Waals surface area (Å²) in [5, 5.41) is 9.72. The van der Waals surface area contributed by atoms with Crippen molar-refractivity contribution in [2.24, 2.45) is 0 Å². The number of nitrogens with zero attached hydrogens (tertiary/aromatic N) is 1. The summed E-state index contributed by atoms with van der Waals surface area (Å²) in [6.07, 6.45) is 3.53. The molecule has 1 fully saturated rings. The Kier molecular flexibility index (Phi) is 4.83. The molecule has 3 nitrogen and oxygen atoms in total. The smallest absolute Gasteiger partial charge is 0.123 e. The van der Waals surface area contributed by atoms with E-state index in [0.717, 1.165) is 17.9 Å². The van der Waals surface area contributed by atoms with Gasteiger partial charge in [-0.3, -0.25) is 4.90 Å². The first-order valence-corrected chi connectivity index (χ1v) is 7.25. The summed E-state index contributed by atoms with van der Waals surface area (Å²) in [7, 11) is 2.18. The highest BCUT2D eigenvalue weighted by Crippen LogP contribution is 2.29. The summed E-state index contributed by atoms with van der Waals surface area (Å²) >= 11 is 0. The molecule has 1 aromatic carbocycles. The maximum Gasteiger partial charge on any atom is 0.123 e. The van der Waals surface area contributed by atoms with Gasteiger partial charge in [0.2, 0.25) is 0 Å². The Labute approximate surface area is 116 Å². The van der Waals surface area contributed by atoms with E-state index in [1.807, 2.05) is 19.1 Å². The van der Waals surface area contributed by atoms with Gasteiger partial charge in [-0.15, -0.1) is 0 Å². The van der Waals surface area contributed by atoms with Crippen molar-refractivity contribution in [3.63, 3.8) is 0 Å². The average Bonchev–Trinajstić information content (AvgIpc) is 2.29. The van der Waals surface area contributed by atoms with Crippen molar-refractivity contribution in [3.05, 3.63) is 29.3 Å². The van der Waals surface area contributed by atoms with E-state index in [9.17, 15) is 5.11 Å². The van der Waals surface area contributed by atoms with E-state index in [-0.39, 0.29) is 0 Å². The Morgan fingerprint density at radius 1 is 1.42 bits per heavy atom. The molecular formula is C16H25NO2. The molecule has 1 aromatic rings. The van der Waals surface area contributed by atoms with Crippen LogP contribution in [0.25, 0.3) is 0 Å². The van der Waals surface area contributed by atoms with Gasteiger partial charge in [-0.1, -0.05) is 12.5 Å². The number of hydrogen-bond acceptors (Lipinski definition) is 3. The lowest BCUT2D eigenvalue weighted by molar-refractivity contribution is 0.150. The van der Waals surface area contributed by atoms with Crippen molar-refractivity contribution in [2.45, 2.75) is 51.8 Å². The van der Waals surface area contributed by atoms with Crippen molar-refractivity contribution < 1.29 is 9.84 Å². The zero-order valence-electron chi connectivity index (χ0n) is 12.2. The molecule has 1 atom stereocenters. The number of hydrogen-bond donors (Lipinski definition) is 1. The van der Waals surface area contributed by atoms with Gasteiger partial charge in [0.15, 0.2) is 0 Å². The van der Waals surface area contributed by atoms with E-state index in [4.69, 9.17) is 4.74 Å². The SMILES string of the molecule is CCOc1ccc(C(C)O)cc1CN(C)C1CCC1. The monoisotopic (exact) mass is 263 g/mol. The second-order valence-corrected chi connectivity index (χ2v) is 5.48. The summed E-state index contributed by atoms with van der Waals surface area (Å²) in [6, 6.07) is 6.72. The molecule has 3 heteroatoms. The fraction of sp³-hybridized carbons (Fsp3) is 0.625. The quantitative estimate of drug-likeness (QED) is 0.856. The van der Waals surface area contributed by atoms with Gasteiger partial charge in [0.1, 0.15) is 5.75 Å². The molecular weight excluding hydrogens is 238 g/mol. The van der Waals surface area contributed by atoms with E-state index in [1.165, 1.54) is 24.8 Å². The van der Waals surface area contributed by atoms with E-state index in [0.29, 0.717) is 12.6 Å². The molecule has 1 unspecified atom stereocenters. The molecule has 0 aliphatic heterocycles. The molecule has 0 radical (unpaired) electrons. The Bertz CT molecular complexity index is 413. The first-order valence-electron chi connectivity index (χ1n) is 7.25. The molecule has 0 heterocycles. The summed E-state index contributed by atoms with van der Waals surface area (Å²) in [4.78, 5) is 2.40. The normalized spacial score (nSPS) is 17.3. The third-order valence-corrected chi connectivity index (χ3v) is 3.98. The maximum absolute atomic E-state index is 9.72. The van der Waals surface area contributed by atoms with Crippen LogP contribution in [-0.2, 0) is 6.54 Å². The molecule has 0 aromatic heterocycles. The number of aliphatic hydroxyl groups is 1. The molecule has 0 amide bonds. The summed E-state index contributed by atoms with van der Waals surface area (Å²) in [6.45, 7) is 5.37. The van der Waals surface area contributed by atoms with E-state index >= 15 is 0 Å². The molecule has 19 heavy (non-hydrogen) atoms. The van der Waals surface area contributed by atoms with Gasteiger partial charge in [0.05, 0.1) is 12.7 Å². The lowest BCUT2D eigenvalue weighted by atomic mass is 9.91. The van der Waals surface area contributed by atoms with Gasteiger partial charge in [0, 0.05) is 18.2 Å². The Morgan fingerprint density at radius 2 is 2.16 bits per heavy atom. The second kappa shape index (κ2) is 6.40. The van der Waals surface area contributed by atoms with Crippen LogP contribution >= 0.6 is 0 Å². The van der Waals surface area contributed by atoms with Crippen LogP contribution in [0.5, 0.6) is 5.75 Å². The molecule has 2 rings (SSSR count). The second-order valence-electron chi connectivity index (χ2n) is 5.48. The minimum atomic E-state index is -0.427. The van der Waals surface area contributed by atoms with Gasteiger partial charge in [-0.25, -0.2) is 0 Å². The van der Waals surface area contributed by atoms with E-state index in [2.05, 4.69) is 18.0 Å². The summed E-state index contributed by atoms with van der Waals surface area (Å²) < 4.78 is 5.70. The van der Waals surface area contributed by atoms with Crippen molar-refractivity contribution in [1.29, 1.82) is 0 Å². The van der Waals surface area contributed by atoms with Crippen LogP contribution in [0.2, 0.25) is 0 Å². The summed E-state index contributed by atoms with van der Waals surface area (Å²) in [5.74, 6) is 0.943. The summed E-state index contributed by atoms with van der Waals surface area (Å²) in [5.41, 5.74) is 2.13. The Morgan fingerprint density at radius 3 is 2.68 bits per heavy atom. The molecule has 0 saturated heterocycles. The Balaban J connectivity index is 2.15. The van der Waals surface area contributed by atoms with Crippen molar-refractivity contribution in [3.8, 4) is 5.75 Å². The van der Waals surface area contributed by atoms with E-state index < -0.39 is 6.10 Å². The van der Waals surface area contributed by atoms with Crippen molar-refractivity contribution >= 4 is 0 Å². The highest BCUT2D eigenvalue weighted by molar-refractivity contribution is 5.38. The lowest BCUT2D eigenvalue weighted by Gasteiger charge is -2.35. The molecule has 0 bridgehead atoms. The van der Waals surface area contributed by atoms with Crippen molar-refractivity contribution in [1.82, 2.24) is 4.90 Å². The molecule has 1 aliphatic rings. The fourth-order valence-corrected chi connectivity index (χ4v) is 2.50. The molecule has 0 spiro atoms. The zero-order chi connectivity index (χ0) is 13.8. The first kappa shape index (κ1) is 14.4. The van der Waals surface area contributed by atoms with Gasteiger partial charge < -0.3 is 9.84 Å². The van der Waals surface area contributed by atoms with Crippen LogP contribution in [0.15, 0.2) is 18.2 Å². The predicted molar refractivity (Wildman–Crippen MR) is 77.4 cm³/mol. The van der Waals surface area contributed by atoms with Crippen LogP contribution in [0, 0.1) is 0 Å². The van der Waals surface area contributed by atoms with Crippen LogP contribution in [0.4, 0.5) is 0 Å². The minimum absolute atomic E-state index is 0.427. The molecule has 1 aliphatic carbocycles. The maximum atomic E-state index is 9.72. The van der Waals surface area contributed by atoms with Crippen LogP contribution in [-0.4, -0.2) is 29.7 Å². The van der Waals surface area contributed by atoms with Crippen LogP contribution < -0.4 is 4.74 Å². The fourth-order valence-electron chi connectivity index (χ4n) is 2.50. The highest BCUT2D eigenvalue weighted by atomic mass is 16.5. The van der Waals surface area contributed by atoms with E-state index in [1.54, 1.807) is 6.92 Å². The third-order valence-electron chi connectivity index (χ3n) is 3.98. The first-order chi connectivity index (χ1) is 9.11. The van der Waals surface area contributed by atoms with Gasteiger partial charge >= 0.3 is 0 Å². The van der Waals surface area contributed by atoms with Crippen molar-refractivity contribution in [2.75, 3.05) is 13.7 Å². The number of rotatable bonds is 6. The number of benzene rings is 1. The van der Waals surface area contributed by atoms with Crippen LogP contribution in [0.1, 0.15) is 50.3 Å². The zero-order valence-corrected chi connectivity index (χ0v) is 12.2.